The number of amides is 1. The number of carbonyl (C=O) groups is 2. The Labute approximate surface area is 171 Å². The Kier molecular flexibility index (Phi) is 8.09. The number of carboxylic acids is 1. The summed E-state index contributed by atoms with van der Waals surface area (Å²) in [5.41, 5.74) is 4.25. The number of benzene rings is 2. The molecular weight excluding hydrogens is 366 g/mol. The molecule has 0 unspecified atom stereocenters. The van der Waals surface area contributed by atoms with Crippen LogP contribution in [0.4, 0.5) is 0 Å². The smallest absolute Gasteiger partial charge is 0.304 e. The number of hydrogen-bond donors (Lipinski definition) is 4. The highest BCUT2D eigenvalue weighted by molar-refractivity contribution is 6.11. The zero-order valence-corrected chi connectivity index (χ0v) is 17.2. The van der Waals surface area contributed by atoms with E-state index in [0.29, 0.717) is 30.1 Å². The highest BCUT2D eigenvalue weighted by Gasteiger charge is 2.12. The van der Waals surface area contributed by atoms with Gasteiger partial charge in [-0.3, -0.25) is 15.0 Å². The van der Waals surface area contributed by atoms with Crippen LogP contribution in [0.5, 0.6) is 0 Å². The first-order valence-corrected chi connectivity index (χ1v) is 9.77. The van der Waals surface area contributed by atoms with Crippen molar-refractivity contribution in [1.29, 1.82) is 5.41 Å². The number of rotatable bonds is 9. The molecule has 29 heavy (non-hydrogen) atoms. The van der Waals surface area contributed by atoms with E-state index in [-0.39, 0.29) is 18.2 Å². The lowest BCUT2D eigenvalue weighted by Gasteiger charge is -2.12. The average Bonchev–Trinajstić information content (AvgIpc) is 2.65. The molecule has 0 radical (unpaired) electrons. The second kappa shape index (κ2) is 10.5. The Hall–Kier alpha value is -2.99. The minimum Gasteiger partial charge on any atom is -0.481 e. The number of nitrogens with one attached hydrogen (secondary N) is 3. The summed E-state index contributed by atoms with van der Waals surface area (Å²) >= 11 is 0. The minimum absolute atomic E-state index is 0.0594. The van der Waals surface area contributed by atoms with Crippen LogP contribution < -0.4 is 10.6 Å². The molecule has 0 aliphatic carbocycles. The van der Waals surface area contributed by atoms with E-state index in [1.54, 1.807) is 18.2 Å². The Morgan fingerprint density at radius 3 is 2.31 bits per heavy atom. The van der Waals surface area contributed by atoms with Gasteiger partial charge in [0, 0.05) is 24.2 Å². The third kappa shape index (κ3) is 7.16. The highest BCUT2D eigenvalue weighted by atomic mass is 16.4. The summed E-state index contributed by atoms with van der Waals surface area (Å²) in [5, 5.41) is 22.6. The Morgan fingerprint density at radius 2 is 1.72 bits per heavy atom. The SMILES string of the molecule is Cc1cc(CNCCC(=O)O)ccc1C(=N)NC(=O)c1ccc(CC(C)C)cc1. The maximum atomic E-state index is 12.5. The van der Waals surface area contributed by atoms with E-state index >= 15 is 0 Å². The fourth-order valence-electron chi connectivity index (χ4n) is 3.06. The van der Waals surface area contributed by atoms with Gasteiger partial charge in [-0.1, -0.05) is 44.2 Å². The molecule has 0 saturated carbocycles. The number of carbonyl (C=O) groups excluding carboxylic acids is 1. The lowest BCUT2D eigenvalue weighted by molar-refractivity contribution is -0.136. The molecule has 0 spiro atoms. The Morgan fingerprint density at radius 1 is 1.07 bits per heavy atom. The van der Waals surface area contributed by atoms with Gasteiger partial charge in [-0.25, -0.2) is 0 Å². The molecule has 0 heterocycles. The molecule has 0 saturated heterocycles. The first-order valence-electron chi connectivity index (χ1n) is 9.77. The molecule has 0 aliphatic rings. The van der Waals surface area contributed by atoms with Crippen molar-refractivity contribution in [2.45, 2.75) is 40.2 Å². The van der Waals surface area contributed by atoms with Crippen molar-refractivity contribution in [1.82, 2.24) is 10.6 Å². The lowest BCUT2D eigenvalue weighted by Crippen LogP contribution is -2.31. The topological polar surface area (TPSA) is 102 Å². The minimum atomic E-state index is -0.831. The first-order chi connectivity index (χ1) is 13.8. The van der Waals surface area contributed by atoms with Gasteiger partial charge < -0.3 is 15.7 Å². The molecule has 2 rings (SSSR count). The summed E-state index contributed by atoms with van der Waals surface area (Å²) in [4.78, 5) is 23.0. The fraction of sp³-hybridized carbons (Fsp3) is 0.348. The molecule has 6 heteroatoms. The van der Waals surface area contributed by atoms with Crippen LogP contribution in [-0.4, -0.2) is 29.4 Å². The van der Waals surface area contributed by atoms with Crippen LogP contribution in [0.1, 0.15) is 52.9 Å². The van der Waals surface area contributed by atoms with Crippen LogP contribution in [0.2, 0.25) is 0 Å². The maximum Gasteiger partial charge on any atom is 0.304 e. The monoisotopic (exact) mass is 395 g/mol. The lowest BCUT2D eigenvalue weighted by atomic mass is 10.0. The van der Waals surface area contributed by atoms with Crippen molar-refractivity contribution in [3.8, 4) is 0 Å². The zero-order valence-electron chi connectivity index (χ0n) is 17.2. The summed E-state index contributed by atoms with van der Waals surface area (Å²) in [6.45, 7) is 7.15. The quantitative estimate of drug-likeness (QED) is 0.296. The standard InChI is InChI=1S/C23H29N3O3/c1-15(2)12-17-4-7-19(8-5-17)23(29)26-22(24)20-9-6-18(13-16(20)3)14-25-11-10-21(27)28/h4-9,13,15,25H,10-12,14H2,1-3H3,(H,27,28)(H2,24,26,29). The fourth-order valence-corrected chi connectivity index (χ4v) is 3.06. The van der Waals surface area contributed by atoms with Gasteiger partial charge in [0.2, 0.25) is 0 Å². The molecule has 0 atom stereocenters. The largest absolute Gasteiger partial charge is 0.481 e. The van der Waals surface area contributed by atoms with E-state index in [1.807, 2.05) is 31.2 Å². The number of hydrogen-bond acceptors (Lipinski definition) is 4. The predicted octanol–water partition coefficient (Wildman–Crippen LogP) is 3.51. The zero-order chi connectivity index (χ0) is 21.4. The van der Waals surface area contributed by atoms with E-state index in [9.17, 15) is 9.59 Å². The molecule has 0 aliphatic heterocycles. The summed E-state index contributed by atoms with van der Waals surface area (Å²) < 4.78 is 0. The summed E-state index contributed by atoms with van der Waals surface area (Å²) in [6, 6.07) is 13.1. The van der Waals surface area contributed by atoms with Gasteiger partial charge in [-0.2, -0.15) is 0 Å². The van der Waals surface area contributed by atoms with E-state index in [2.05, 4.69) is 24.5 Å². The van der Waals surface area contributed by atoms with Gasteiger partial charge >= 0.3 is 5.97 Å². The molecule has 6 nitrogen and oxygen atoms in total. The van der Waals surface area contributed by atoms with Crippen molar-refractivity contribution in [3.63, 3.8) is 0 Å². The number of aliphatic carboxylic acids is 1. The second-order valence-electron chi connectivity index (χ2n) is 7.59. The Bertz CT molecular complexity index is 873. The molecule has 0 aromatic heterocycles. The van der Waals surface area contributed by atoms with Crippen molar-refractivity contribution < 1.29 is 14.7 Å². The van der Waals surface area contributed by atoms with Crippen LogP contribution in [0, 0.1) is 18.3 Å². The molecule has 1 amide bonds. The maximum absolute atomic E-state index is 12.5. The van der Waals surface area contributed by atoms with Crippen molar-refractivity contribution >= 4 is 17.7 Å². The third-order valence-corrected chi connectivity index (χ3v) is 4.50. The molecule has 2 aromatic rings. The van der Waals surface area contributed by atoms with Gasteiger partial charge in [-0.05, 0) is 48.1 Å². The predicted molar refractivity (Wildman–Crippen MR) is 114 cm³/mol. The van der Waals surface area contributed by atoms with Crippen molar-refractivity contribution in [3.05, 3.63) is 70.3 Å². The highest BCUT2D eigenvalue weighted by Crippen LogP contribution is 2.13. The van der Waals surface area contributed by atoms with Gasteiger partial charge in [0.05, 0.1) is 6.42 Å². The van der Waals surface area contributed by atoms with E-state index in [0.717, 1.165) is 17.5 Å². The van der Waals surface area contributed by atoms with Gasteiger partial charge in [-0.15, -0.1) is 0 Å². The Balaban J connectivity index is 1.95. The van der Waals surface area contributed by atoms with E-state index < -0.39 is 5.97 Å². The van der Waals surface area contributed by atoms with Crippen molar-refractivity contribution in [2.24, 2.45) is 5.92 Å². The normalized spacial score (nSPS) is 10.8. The van der Waals surface area contributed by atoms with Crippen LogP contribution in [-0.2, 0) is 17.8 Å². The molecule has 154 valence electrons. The molecule has 0 fully saturated rings. The van der Waals surface area contributed by atoms with Gasteiger partial charge in [0.1, 0.15) is 5.84 Å². The van der Waals surface area contributed by atoms with E-state index in [4.69, 9.17) is 10.5 Å². The van der Waals surface area contributed by atoms with Crippen LogP contribution in [0.3, 0.4) is 0 Å². The number of aryl methyl sites for hydroxylation is 1. The van der Waals surface area contributed by atoms with E-state index in [1.165, 1.54) is 5.56 Å². The average molecular weight is 396 g/mol. The molecule has 2 aromatic carbocycles. The van der Waals surface area contributed by atoms with Crippen molar-refractivity contribution in [2.75, 3.05) is 6.54 Å². The molecular formula is C23H29N3O3. The van der Waals surface area contributed by atoms with Crippen LogP contribution in [0.25, 0.3) is 0 Å². The second-order valence-corrected chi connectivity index (χ2v) is 7.59. The third-order valence-electron chi connectivity index (χ3n) is 4.50. The number of amidine groups is 1. The number of carboxylic acid groups (broad SMARTS) is 1. The van der Waals surface area contributed by atoms with Gasteiger partial charge in [0.25, 0.3) is 5.91 Å². The van der Waals surface area contributed by atoms with Gasteiger partial charge in [0.15, 0.2) is 0 Å². The molecule has 4 N–H and O–H groups in total. The summed E-state index contributed by atoms with van der Waals surface area (Å²) in [6.07, 6.45) is 1.04. The molecule has 0 bridgehead atoms. The summed E-state index contributed by atoms with van der Waals surface area (Å²) in [7, 11) is 0. The summed E-state index contributed by atoms with van der Waals surface area (Å²) in [5.74, 6) is -0.516. The van der Waals surface area contributed by atoms with Crippen LogP contribution >= 0.6 is 0 Å². The first kappa shape index (κ1) is 22.3. The van der Waals surface area contributed by atoms with Crippen LogP contribution in [0.15, 0.2) is 42.5 Å².